The van der Waals surface area contributed by atoms with Crippen molar-refractivity contribution in [2.24, 2.45) is 11.8 Å². The molecule has 0 heterocycles. The summed E-state index contributed by atoms with van der Waals surface area (Å²) in [5.41, 5.74) is 0. The van der Waals surface area contributed by atoms with Gasteiger partial charge in [-0.1, -0.05) is 53.4 Å². The fourth-order valence-corrected chi connectivity index (χ4v) is 1.65. The molecule has 1 unspecified atom stereocenters. The average Bonchev–Trinajstić information content (AvgIpc) is 2.10. The van der Waals surface area contributed by atoms with E-state index in [9.17, 15) is 0 Å². The lowest BCUT2D eigenvalue weighted by Gasteiger charge is -2.14. The van der Waals surface area contributed by atoms with Crippen LogP contribution < -0.4 is 0 Å². The molecule has 0 aromatic rings. The van der Waals surface area contributed by atoms with Crippen molar-refractivity contribution in [2.45, 2.75) is 66.2 Å². The Morgan fingerprint density at radius 1 is 1.08 bits per heavy atom. The Bertz CT molecular complexity index is 94.2. The summed E-state index contributed by atoms with van der Waals surface area (Å²) in [4.78, 5) is 0. The average molecular weight is 183 g/mol. The first-order chi connectivity index (χ1) is 6.20. The zero-order valence-corrected chi connectivity index (χ0v) is 9.97. The Labute approximate surface area is 85.1 Å². The summed E-state index contributed by atoms with van der Waals surface area (Å²) < 4.78 is 0. The number of hydrogen-bond acceptors (Lipinski definition) is 0. The maximum Gasteiger partial charge on any atom is -0.0381 e. The maximum absolute atomic E-state index is 2.49. The molecule has 0 rings (SSSR count). The summed E-state index contributed by atoms with van der Waals surface area (Å²) >= 11 is 0. The third-order valence-corrected chi connectivity index (χ3v) is 2.68. The van der Waals surface area contributed by atoms with E-state index in [2.05, 4.69) is 34.1 Å². The first-order valence-electron chi connectivity index (χ1n) is 6.02. The van der Waals surface area contributed by atoms with Crippen LogP contribution in [0, 0.1) is 18.3 Å². The van der Waals surface area contributed by atoms with Gasteiger partial charge in [0.05, 0.1) is 0 Å². The third-order valence-electron chi connectivity index (χ3n) is 2.68. The molecule has 0 aliphatic carbocycles. The monoisotopic (exact) mass is 183 g/mol. The van der Waals surface area contributed by atoms with Gasteiger partial charge in [-0.25, -0.2) is 0 Å². The van der Waals surface area contributed by atoms with Crippen LogP contribution in [0.4, 0.5) is 0 Å². The largest absolute Gasteiger partial charge is 0.0654 e. The van der Waals surface area contributed by atoms with Crippen LogP contribution >= 0.6 is 0 Å². The lowest BCUT2D eigenvalue weighted by Crippen LogP contribution is -2.00. The molecular weight excluding hydrogens is 156 g/mol. The van der Waals surface area contributed by atoms with E-state index in [0.717, 1.165) is 11.8 Å². The second-order valence-electron chi connectivity index (χ2n) is 4.57. The topological polar surface area (TPSA) is 0 Å². The molecular formula is C13H27. The molecule has 0 aromatic carbocycles. The van der Waals surface area contributed by atoms with Crippen LogP contribution in [0.25, 0.3) is 0 Å². The summed E-state index contributed by atoms with van der Waals surface area (Å²) in [6.07, 6.45) is 10.7. The fourth-order valence-electron chi connectivity index (χ4n) is 1.65. The number of unbranched alkanes of at least 4 members (excludes halogenated alkanes) is 1. The van der Waals surface area contributed by atoms with Gasteiger partial charge in [-0.2, -0.15) is 0 Å². The minimum Gasteiger partial charge on any atom is -0.0654 e. The van der Waals surface area contributed by atoms with E-state index in [4.69, 9.17) is 0 Å². The van der Waals surface area contributed by atoms with E-state index in [1.807, 2.05) is 0 Å². The van der Waals surface area contributed by atoms with Gasteiger partial charge in [0, 0.05) is 0 Å². The van der Waals surface area contributed by atoms with Crippen LogP contribution in [0.3, 0.4) is 0 Å². The maximum atomic E-state index is 2.49. The van der Waals surface area contributed by atoms with E-state index >= 15 is 0 Å². The summed E-state index contributed by atoms with van der Waals surface area (Å²) in [5, 5.41) is 0. The normalized spacial score (nSPS) is 13.6. The van der Waals surface area contributed by atoms with Crippen molar-refractivity contribution in [3.05, 3.63) is 6.42 Å². The van der Waals surface area contributed by atoms with E-state index < -0.39 is 0 Å². The lowest BCUT2D eigenvalue weighted by atomic mass is 9.92. The Hall–Kier alpha value is 0. The molecule has 1 atom stereocenters. The highest BCUT2D eigenvalue weighted by molar-refractivity contribution is 4.71. The van der Waals surface area contributed by atoms with Gasteiger partial charge in [-0.05, 0) is 31.1 Å². The van der Waals surface area contributed by atoms with Gasteiger partial charge in [-0.3, -0.25) is 0 Å². The van der Waals surface area contributed by atoms with Gasteiger partial charge in [0.15, 0.2) is 0 Å². The minimum absolute atomic E-state index is 0.837. The highest BCUT2D eigenvalue weighted by Crippen LogP contribution is 2.19. The molecule has 0 heteroatoms. The Balaban J connectivity index is 3.36. The molecule has 0 spiro atoms. The first-order valence-corrected chi connectivity index (χ1v) is 6.02. The Morgan fingerprint density at radius 3 is 2.23 bits per heavy atom. The number of rotatable bonds is 8. The fraction of sp³-hybridized carbons (Fsp3) is 0.923. The van der Waals surface area contributed by atoms with Gasteiger partial charge in [-0.15, -0.1) is 0 Å². The van der Waals surface area contributed by atoms with Crippen molar-refractivity contribution in [1.29, 1.82) is 0 Å². The molecule has 0 fully saturated rings. The molecule has 0 bridgehead atoms. The standard InChI is InChI=1S/C13H27/c1-5-7-10-13(6-2)11-8-9-12(3)4/h8,12-13H,5-7,9-11H2,1-4H3. The van der Waals surface area contributed by atoms with E-state index in [0.29, 0.717) is 0 Å². The Kier molecular flexibility index (Phi) is 8.59. The molecule has 79 valence electrons. The zero-order valence-electron chi connectivity index (χ0n) is 9.97. The molecule has 0 saturated heterocycles. The summed E-state index contributed by atoms with van der Waals surface area (Å²) in [6, 6.07) is 0. The molecule has 0 N–H and O–H groups in total. The summed E-state index contributed by atoms with van der Waals surface area (Å²) in [5.74, 6) is 1.79. The van der Waals surface area contributed by atoms with Gasteiger partial charge in [0.25, 0.3) is 0 Å². The molecule has 1 radical (unpaired) electrons. The van der Waals surface area contributed by atoms with Gasteiger partial charge in [0.2, 0.25) is 0 Å². The zero-order chi connectivity index (χ0) is 10.1. The summed E-state index contributed by atoms with van der Waals surface area (Å²) in [7, 11) is 0. The van der Waals surface area contributed by atoms with Crippen molar-refractivity contribution < 1.29 is 0 Å². The predicted molar refractivity (Wildman–Crippen MR) is 61.7 cm³/mol. The second kappa shape index (κ2) is 8.59. The third kappa shape index (κ3) is 8.33. The quantitative estimate of drug-likeness (QED) is 0.505. The van der Waals surface area contributed by atoms with Crippen molar-refractivity contribution in [3.8, 4) is 0 Å². The van der Waals surface area contributed by atoms with E-state index in [1.54, 1.807) is 0 Å². The minimum atomic E-state index is 0.837. The van der Waals surface area contributed by atoms with Crippen LogP contribution in [0.15, 0.2) is 0 Å². The molecule has 0 aliphatic heterocycles. The summed E-state index contributed by atoms with van der Waals surface area (Å²) in [6.45, 7) is 9.20. The van der Waals surface area contributed by atoms with Crippen LogP contribution in [-0.2, 0) is 0 Å². The highest BCUT2D eigenvalue weighted by Gasteiger charge is 2.05. The first kappa shape index (κ1) is 13.0. The van der Waals surface area contributed by atoms with Crippen LogP contribution in [-0.4, -0.2) is 0 Å². The molecule has 0 saturated carbocycles. The van der Waals surface area contributed by atoms with E-state index in [-0.39, 0.29) is 0 Å². The van der Waals surface area contributed by atoms with E-state index in [1.165, 1.54) is 38.5 Å². The van der Waals surface area contributed by atoms with Crippen LogP contribution in [0.5, 0.6) is 0 Å². The molecule has 0 aromatic heterocycles. The van der Waals surface area contributed by atoms with Crippen molar-refractivity contribution >= 4 is 0 Å². The van der Waals surface area contributed by atoms with Gasteiger partial charge >= 0.3 is 0 Å². The van der Waals surface area contributed by atoms with Crippen molar-refractivity contribution in [3.63, 3.8) is 0 Å². The van der Waals surface area contributed by atoms with Crippen molar-refractivity contribution in [1.82, 2.24) is 0 Å². The molecule has 0 amide bonds. The molecule has 0 nitrogen and oxygen atoms in total. The van der Waals surface area contributed by atoms with Crippen LogP contribution in [0.2, 0.25) is 0 Å². The number of hydrogen-bond donors (Lipinski definition) is 0. The SMILES string of the molecule is CCCCC(CC)C[CH]CC(C)C. The lowest BCUT2D eigenvalue weighted by molar-refractivity contribution is 0.433. The smallest absolute Gasteiger partial charge is 0.0381 e. The second-order valence-corrected chi connectivity index (χ2v) is 4.57. The van der Waals surface area contributed by atoms with Crippen molar-refractivity contribution in [2.75, 3.05) is 0 Å². The Morgan fingerprint density at radius 2 is 1.77 bits per heavy atom. The predicted octanol–water partition coefficient (Wildman–Crippen LogP) is 4.84. The van der Waals surface area contributed by atoms with Gasteiger partial charge in [0.1, 0.15) is 0 Å². The molecule has 13 heavy (non-hydrogen) atoms. The van der Waals surface area contributed by atoms with Crippen LogP contribution in [0.1, 0.15) is 66.2 Å². The highest BCUT2D eigenvalue weighted by atomic mass is 14.1. The van der Waals surface area contributed by atoms with Gasteiger partial charge < -0.3 is 0 Å². The molecule has 0 aliphatic rings.